The van der Waals surface area contributed by atoms with Crippen LogP contribution in [0.5, 0.6) is 0 Å². The first-order valence-corrected chi connectivity index (χ1v) is 8.29. The molecule has 0 fully saturated rings. The summed E-state index contributed by atoms with van der Waals surface area (Å²) in [6.45, 7) is 0. The van der Waals surface area contributed by atoms with Crippen molar-refractivity contribution in [2.24, 2.45) is 4.99 Å². The minimum absolute atomic E-state index is 0.332. The number of alkyl halides is 6. The predicted octanol–water partition coefficient (Wildman–Crippen LogP) is 5.15. The van der Waals surface area contributed by atoms with Crippen molar-refractivity contribution < 1.29 is 26.3 Å². The summed E-state index contributed by atoms with van der Waals surface area (Å²) < 4.78 is 78.9. The molecule has 29 heavy (non-hydrogen) atoms. The van der Waals surface area contributed by atoms with Crippen molar-refractivity contribution in [2.45, 2.75) is 18.8 Å². The molecule has 0 unspecified atom stereocenters. The maximum atomic E-state index is 13.3. The van der Waals surface area contributed by atoms with Crippen LogP contribution in [-0.4, -0.2) is 28.7 Å². The van der Waals surface area contributed by atoms with Crippen molar-refractivity contribution in [2.75, 3.05) is 7.05 Å². The number of hydrogen-bond donors (Lipinski definition) is 1. The number of aliphatic imine (C=N–C) groups is 1. The Kier molecular flexibility index (Phi) is 5.45. The largest absolute Gasteiger partial charge is 0.416 e. The summed E-state index contributed by atoms with van der Waals surface area (Å²) >= 11 is 0. The van der Waals surface area contributed by atoms with Crippen LogP contribution in [0, 0.1) is 0 Å². The SMILES string of the molecule is CN=Cc1n[nH]nc1-c1cccc(Cc2cc(C(F)(F)F)ccc2C(F)(F)F)c1. The Balaban J connectivity index is 2.03. The summed E-state index contributed by atoms with van der Waals surface area (Å²) in [7, 11) is 1.54. The average Bonchev–Trinajstić information content (AvgIpc) is 3.09. The van der Waals surface area contributed by atoms with Crippen molar-refractivity contribution in [1.82, 2.24) is 15.4 Å². The van der Waals surface area contributed by atoms with Gasteiger partial charge in [0.25, 0.3) is 0 Å². The number of aromatic nitrogens is 3. The summed E-state index contributed by atoms with van der Waals surface area (Å²) in [5.41, 5.74) is -0.885. The molecule has 0 aliphatic heterocycles. The Bertz CT molecular complexity index is 1030. The highest BCUT2D eigenvalue weighted by atomic mass is 19.4. The Morgan fingerprint density at radius 1 is 0.966 bits per heavy atom. The van der Waals surface area contributed by atoms with Gasteiger partial charge in [-0.3, -0.25) is 4.99 Å². The van der Waals surface area contributed by atoms with Gasteiger partial charge in [-0.15, -0.1) is 0 Å². The summed E-state index contributed by atoms with van der Waals surface area (Å²) in [5.74, 6) is 0. The molecule has 2 aromatic carbocycles. The molecular formula is C19H14F6N4. The molecule has 0 aliphatic rings. The van der Waals surface area contributed by atoms with Crippen molar-refractivity contribution in [3.8, 4) is 11.3 Å². The molecule has 1 heterocycles. The molecular weight excluding hydrogens is 398 g/mol. The molecule has 0 saturated heterocycles. The van der Waals surface area contributed by atoms with E-state index in [-0.39, 0.29) is 6.42 Å². The van der Waals surface area contributed by atoms with E-state index in [1.165, 1.54) is 12.3 Å². The topological polar surface area (TPSA) is 53.9 Å². The zero-order valence-corrected chi connectivity index (χ0v) is 14.9. The van der Waals surface area contributed by atoms with E-state index in [4.69, 9.17) is 0 Å². The minimum Gasteiger partial charge on any atom is -0.294 e. The molecule has 1 aromatic heterocycles. The smallest absolute Gasteiger partial charge is 0.294 e. The predicted molar refractivity (Wildman–Crippen MR) is 94.6 cm³/mol. The molecule has 0 bridgehead atoms. The number of nitrogens with zero attached hydrogens (tertiary/aromatic N) is 3. The standard InChI is InChI=1S/C19H14F6N4/c1-26-10-16-17(28-29-27-16)12-4-2-3-11(7-12)8-13-9-14(18(20,21)22)5-6-15(13)19(23,24)25/h2-7,9-10H,8H2,1H3,(H,27,28,29). The Labute approximate surface area is 161 Å². The van der Waals surface area contributed by atoms with Gasteiger partial charge in [-0.2, -0.15) is 41.8 Å². The summed E-state index contributed by atoms with van der Waals surface area (Å²) in [6.07, 6.45) is -8.38. The molecule has 152 valence electrons. The van der Waals surface area contributed by atoms with E-state index in [9.17, 15) is 26.3 Å². The van der Waals surface area contributed by atoms with Gasteiger partial charge in [-0.25, -0.2) is 0 Å². The molecule has 0 radical (unpaired) electrons. The van der Waals surface area contributed by atoms with Crippen LogP contribution in [0.15, 0.2) is 47.5 Å². The average molecular weight is 412 g/mol. The van der Waals surface area contributed by atoms with Gasteiger partial charge in [-0.05, 0) is 41.8 Å². The van der Waals surface area contributed by atoms with Gasteiger partial charge in [0.05, 0.1) is 17.3 Å². The van der Waals surface area contributed by atoms with Crippen LogP contribution >= 0.6 is 0 Å². The summed E-state index contributed by atoms with van der Waals surface area (Å²) in [5, 5.41) is 10.4. The first kappa shape index (κ1) is 20.6. The van der Waals surface area contributed by atoms with Gasteiger partial charge >= 0.3 is 12.4 Å². The van der Waals surface area contributed by atoms with E-state index in [1.54, 1.807) is 25.2 Å². The monoisotopic (exact) mass is 412 g/mol. The number of H-pyrrole nitrogens is 1. The highest BCUT2D eigenvalue weighted by Crippen LogP contribution is 2.37. The minimum atomic E-state index is -4.77. The zero-order chi connectivity index (χ0) is 21.2. The van der Waals surface area contributed by atoms with Gasteiger partial charge in [0.2, 0.25) is 0 Å². The van der Waals surface area contributed by atoms with E-state index in [1.807, 2.05) is 0 Å². The molecule has 4 nitrogen and oxygen atoms in total. The molecule has 0 atom stereocenters. The lowest BCUT2D eigenvalue weighted by Crippen LogP contribution is -2.13. The van der Waals surface area contributed by atoms with Gasteiger partial charge in [0, 0.05) is 12.6 Å². The molecule has 0 spiro atoms. The number of halogens is 6. The Morgan fingerprint density at radius 3 is 2.38 bits per heavy atom. The highest BCUT2D eigenvalue weighted by Gasteiger charge is 2.36. The maximum absolute atomic E-state index is 13.3. The molecule has 3 aromatic rings. The fraction of sp³-hybridized carbons (Fsp3) is 0.211. The maximum Gasteiger partial charge on any atom is 0.416 e. The fourth-order valence-electron chi connectivity index (χ4n) is 2.91. The van der Waals surface area contributed by atoms with Crippen LogP contribution in [-0.2, 0) is 18.8 Å². The molecule has 0 aliphatic carbocycles. The number of benzene rings is 2. The third-order valence-corrected chi connectivity index (χ3v) is 4.16. The Morgan fingerprint density at radius 2 is 1.72 bits per heavy atom. The van der Waals surface area contributed by atoms with Crippen LogP contribution in [0.4, 0.5) is 26.3 Å². The first-order valence-electron chi connectivity index (χ1n) is 8.29. The molecule has 3 rings (SSSR count). The van der Waals surface area contributed by atoms with Crippen molar-refractivity contribution in [3.05, 3.63) is 70.4 Å². The van der Waals surface area contributed by atoms with Gasteiger partial charge < -0.3 is 0 Å². The third-order valence-electron chi connectivity index (χ3n) is 4.16. The van der Waals surface area contributed by atoms with E-state index in [0.717, 1.165) is 0 Å². The van der Waals surface area contributed by atoms with Gasteiger partial charge in [0.15, 0.2) is 0 Å². The van der Waals surface area contributed by atoms with Crippen molar-refractivity contribution >= 4 is 6.21 Å². The second-order valence-electron chi connectivity index (χ2n) is 6.19. The zero-order valence-electron chi connectivity index (χ0n) is 14.9. The molecule has 1 N–H and O–H groups in total. The second kappa shape index (κ2) is 7.69. The molecule has 0 amide bonds. The van der Waals surface area contributed by atoms with E-state index in [0.29, 0.717) is 40.7 Å². The van der Waals surface area contributed by atoms with E-state index >= 15 is 0 Å². The number of aromatic amines is 1. The second-order valence-corrected chi connectivity index (χ2v) is 6.19. The first-order chi connectivity index (χ1) is 13.6. The van der Waals surface area contributed by atoms with Crippen LogP contribution in [0.2, 0.25) is 0 Å². The Hall–Kier alpha value is -3.17. The summed E-state index contributed by atoms with van der Waals surface area (Å²) in [4.78, 5) is 3.85. The van der Waals surface area contributed by atoms with Gasteiger partial charge in [0.1, 0.15) is 11.4 Å². The van der Waals surface area contributed by atoms with Crippen molar-refractivity contribution in [1.29, 1.82) is 0 Å². The normalized spacial score (nSPS) is 12.7. The highest BCUT2D eigenvalue weighted by molar-refractivity contribution is 5.86. The number of hydrogen-bond acceptors (Lipinski definition) is 3. The quantitative estimate of drug-likeness (QED) is 0.476. The van der Waals surface area contributed by atoms with Crippen LogP contribution in [0.3, 0.4) is 0 Å². The van der Waals surface area contributed by atoms with E-state index in [2.05, 4.69) is 20.4 Å². The lowest BCUT2D eigenvalue weighted by molar-refractivity contribution is -0.141. The van der Waals surface area contributed by atoms with Crippen molar-refractivity contribution in [3.63, 3.8) is 0 Å². The lowest BCUT2D eigenvalue weighted by atomic mass is 9.95. The fourth-order valence-corrected chi connectivity index (χ4v) is 2.91. The van der Waals surface area contributed by atoms with E-state index < -0.39 is 29.0 Å². The number of rotatable bonds is 4. The van der Waals surface area contributed by atoms with Gasteiger partial charge in [-0.1, -0.05) is 18.2 Å². The number of nitrogens with one attached hydrogen (secondary N) is 1. The third kappa shape index (κ3) is 4.64. The van der Waals surface area contributed by atoms with Crippen LogP contribution < -0.4 is 0 Å². The summed E-state index contributed by atoms with van der Waals surface area (Å²) in [6, 6.07) is 7.81. The lowest BCUT2D eigenvalue weighted by Gasteiger charge is -2.16. The molecule has 10 heteroatoms. The van der Waals surface area contributed by atoms with Crippen LogP contribution in [0.25, 0.3) is 11.3 Å². The molecule has 0 saturated carbocycles. The van der Waals surface area contributed by atoms with Crippen LogP contribution in [0.1, 0.15) is 27.9 Å².